The largest absolute Gasteiger partial charge is 0.493 e. The SMILES string of the molecule is CCS(=O)(=O)Nc1ccc(C(=O)NCc2ccc(OC)c(OC)c2OC)cc1. The number of anilines is 1. The number of nitrogens with one attached hydrogen (secondary N) is 2. The molecule has 0 radical (unpaired) electrons. The number of carbonyl (C=O) groups is 1. The van der Waals surface area contributed by atoms with Crippen molar-refractivity contribution in [1.82, 2.24) is 5.32 Å². The quantitative estimate of drug-likeness (QED) is 0.661. The van der Waals surface area contributed by atoms with Crippen molar-refractivity contribution in [2.24, 2.45) is 0 Å². The van der Waals surface area contributed by atoms with E-state index >= 15 is 0 Å². The minimum absolute atomic E-state index is 0.0254. The Morgan fingerprint density at radius 2 is 1.57 bits per heavy atom. The zero-order valence-corrected chi connectivity index (χ0v) is 17.1. The van der Waals surface area contributed by atoms with E-state index in [2.05, 4.69) is 10.0 Å². The van der Waals surface area contributed by atoms with Gasteiger partial charge >= 0.3 is 0 Å². The summed E-state index contributed by atoms with van der Waals surface area (Å²) in [6.07, 6.45) is 0. The molecule has 0 saturated carbocycles. The molecule has 0 atom stereocenters. The highest BCUT2D eigenvalue weighted by Crippen LogP contribution is 2.39. The van der Waals surface area contributed by atoms with Crippen LogP contribution < -0.4 is 24.2 Å². The van der Waals surface area contributed by atoms with Gasteiger partial charge < -0.3 is 19.5 Å². The fourth-order valence-electron chi connectivity index (χ4n) is 2.52. The minimum atomic E-state index is -3.36. The number of ether oxygens (including phenoxy) is 3. The maximum atomic E-state index is 12.4. The van der Waals surface area contributed by atoms with Crippen LogP contribution in [0.4, 0.5) is 5.69 Å². The summed E-state index contributed by atoms with van der Waals surface area (Å²) in [5.41, 5.74) is 1.53. The second kappa shape index (κ2) is 9.32. The maximum Gasteiger partial charge on any atom is 0.251 e. The standard InChI is InChI=1S/C19H24N2O6S/c1-5-28(23,24)21-15-9-6-13(7-10-15)19(22)20-12-14-8-11-16(25-2)18(27-4)17(14)26-3/h6-11,21H,5,12H2,1-4H3,(H,20,22). The first-order chi connectivity index (χ1) is 13.3. The van der Waals surface area contributed by atoms with Crippen LogP contribution >= 0.6 is 0 Å². The molecule has 0 heterocycles. The van der Waals surface area contributed by atoms with E-state index in [1.807, 2.05) is 0 Å². The lowest BCUT2D eigenvalue weighted by Crippen LogP contribution is -2.23. The molecule has 0 aliphatic heterocycles. The summed E-state index contributed by atoms with van der Waals surface area (Å²) in [6.45, 7) is 1.76. The van der Waals surface area contributed by atoms with Gasteiger partial charge in [0.15, 0.2) is 11.5 Å². The molecule has 0 aliphatic carbocycles. The predicted molar refractivity (Wildman–Crippen MR) is 107 cm³/mol. The second-order valence-corrected chi connectivity index (χ2v) is 7.77. The van der Waals surface area contributed by atoms with Crippen LogP contribution in [-0.2, 0) is 16.6 Å². The molecule has 0 aliphatic rings. The molecule has 0 aromatic heterocycles. The van der Waals surface area contributed by atoms with Crippen LogP contribution in [0.2, 0.25) is 0 Å². The number of sulfonamides is 1. The first-order valence-corrected chi connectivity index (χ1v) is 10.2. The Kier molecular flexibility index (Phi) is 7.11. The molecule has 0 spiro atoms. The van der Waals surface area contributed by atoms with Crippen molar-refractivity contribution in [3.8, 4) is 17.2 Å². The number of carbonyl (C=O) groups excluding carboxylic acids is 1. The van der Waals surface area contributed by atoms with Crippen LogP contribution in [0.15, 0.2) is 36.4 Å². The van der Waals surface area contributed by atoms with E-state index in [1.54, 1.807) is 43.3 Å². The van der Waals surface area contributed by atoms with Gasteiger partial charge in [0, 0.05) is 23.4 Å². The van der Waals surface area contributed by atoms with Gasteiger partial charge in [-0.1, -0.05) is 0 Å². The van der Waals surface area contributed by atoms with Gasteiger partial charge in [-0.05, 0) is 43.3 Å². The lowest BCUT2D eigenvalue weighted by molar-refractivity contribution is 0.0950. The number of amides is 1. The minimum Gasteiger partial charge on any atom is -0.493 e. The van der Waals surface area contributed by atoms with Gasteiger partial charge in [0.25, 0.3) is 5.91 Å². The lowest BCUT2D eigenvalue weighted by atomic mass is 10.1. The molecule has 2 N–H and O–H groups in total. The highest BCUT2D eigenvalue weighted by atomic mass is 32.2. The molecule has 2 aromatic carbocycles. The summed E-state index contributed by atoms with van der Waals surface area (Å²) in [5.74, 6) is 1.12. The van der Waals surface area contributed by atoms with E-state index < -0.39 is 10.0 Å². The summed E-state index contributed by atoms with van der Waals surface area (Å²) in [5, 5.41) is 2.80. The van der Waals surface area contributed by atoms with E-state index in [1.165, 1.54) is 21.3 Å². The van der Waals surface area contributed by atoms with Crippen molar-refractivity contribution >= 4 is 21.6 Å². The Morgan fingerprint density at radius 1 is 0.929 bits per heavy atom. The molecular formula is C19H24N2O6S. The van der Waals surface area contributed by atoms with Crippen LogP contribution in [0, 0.1) is 0 Å². The molecule has 0 fully saturated rings. The monoisotopic (exact) mass is 408 g/mol. The third-order valence-corrected chi connectivity index (χ3v) is 5.33. The van der Waals surface area contributed by atoms with Crippen molar-refractivity contribution in [3.63, 3.8) is 0 Å². The van der Waals surface area contributed by atoms with Gasteiger partial charge in [0.05, 0.1) is 27.1 Å². The number of hydrogen-bond acceptors (Lipinski definition) is 6. The topological polar surface area (TPSA) is 103 Å². The normalized spacial score (nSPS) is 10.9. The molecule has 0 saturated heterocycles. The Morgan fingerprint density at radius 3 is 2.11 bits per heavy atom. The summed E-state index contributed by atoms with van der Waals surface area (Å²) in [6, 6.07) is 9.70. The van der Waals surface area contributed by atoms with Crippen LogP contribution in [0.25, 0.3) is 0 Å². The first-order valence-electron chi connectivity index (χ1n) is 8.51. The lowest BCUT2D eigenvalue weighted by Gasteiger charge is -2.16. The zero-order chi connectivity index (χ0) is 20.7. The Balaban J connectivity index is 2.10. The van der Waals surface area contributed by atoms with Crippen LogP contribution in [0.5, 0.6) is 17.2 Å². The van der Waals surface area contributed by atoms with Crippen molar-refractivity contribution in [2.75, 3.05) is 31.8 Å². The predicted octanol–water partition coefficient (Wildman–Crippen LogP) is 2.40. The van der Waals surface area contributed by atoms with E-state index in [0.29, 0.717) is 28.5 Å². The maximum absolute atomic E-state index is 12.4. The van der Waals surface area contributed by atoms with Crippen molar-refractivity contribution in [2.45, 2.75) is 13.5 Å². The zero-order valence-electron chi connectivity index (χ0n) is 16.2. The van der Waals surface area contributed by atoms with Gasteiger partial charge in [-0.25, -0.2) is 8.42 Å². The highest BCUT2D eigenvalue weighted by molar-refractivity contribution is 7.92. The molecule has 2 aromatic rings. The van der Waals surface area contributed by atoms with Gasteiger partial charge in [0.1, 0.15) is 0 Å². The molecule has 1 amide bonds. The average Bonchev–Trinajstić information content (AvgIpc) is 2.71. The molecular weight excluding hydrogens is 384 g/mol. The third-order valence-electron chi connectivity index (χ3n) is 4.03. The van der Waals surface area contributed by atoms with Gasteiger partial charge in [-0.15, -0.1) is 0 Å². The van der Waals surface area contributed by atoms with Gasteiger partial charge in [-0.3, -0.25) is 9.52 Å². The number of methoxy groups -OCH3 is 3. The summed E-state index contributed by atoms with van der Waals surface area (Å²) in [7, 11) is 1.20. The average molecular weight is 408 g/mol. The Bertz CT molecular complexity index is 926. The fraction of sp³-hybridized carbons (Fsp3) is 0.316. The summed E-state index contributed by atoms with van der Waals surface area (Å²) >= 11 is 0. The van der Waals surface area contributed by atoms with E-state index in [4.69, 9.17) is 14.2 Å². The Hall–Kier alpha value is -2.94. The van der Waals surface area contributed by atoms with Gasteiger partial charge in [-0.2, -0.15) is 0 Å². The van der Waals surface area contributed by atoms with Crippen molar-refractivity contribution in [1.29, 1.82) is 0 Å². The molecule has 0 bridgehead atoms. The highest BCUT2D eigenvalue weighted by Gasteiger charge is 2.16. The van der Waals surface area contributed by atoms with E-state index in [9.17, 15) is 13.2 Å². The second-order valence-electron chi connectivity index (χ2n) is 5.76. The van der Waals surface area contributed by atoms with E-state index in [0.717, 1.165) is 5.56 Å². The number of hydrogen-bond donors (Lipinski definition) is 2. The van der Waals surface area contributed by atoms with Crippen LogP contribution in [0.3, 0.4) is 0 Å². The third kappa shape index (κ3) is 5.07. The molecule has 9 heteroatoms. The molecule has 0 unspecified atom stereocenters. The number of benzene rings is 2. The molecule has 8 nitrogen and oxygen atoms in total. The van der Waals surface area contributed by atoms with Gasteiger partial charge in [0.2, 0.25) is 15.8 Å². The summed E-state index contributed by atoms with van der Waals surface area (Å²) in [4.78, 5) is 12.4. The molecule has 2 rings (SSSR count). The smallest absolute Gasteiger partial charge is 0.251 e. The van der Waals surface area contributed by atoms with Crippen molar-refractivity contribution in [3.05, 3.63) is 47.5 Å². The number of rotatable bonds is 9. The molecule has 28 heavy (non-hydrogen) atoms. The van der Waals surface area contributed by atoms with Crippen LogP contribution in [-0.4, -0.2) is 41.4 Å². The van der Waals surface area contributed by atoms with E-state index in [-0.39, 0.29) is 18.2 Å². The van der Waals surface area contributed by atoms with Crippen LogP contribution in [0.1, 0.15) is 22.8 Å². The van der Waals surface area contributed by atoms with Crippen molar-refractivity contribution < 1.29 is 27.4 Å². The Labute approximate surface area is 164 Å². The first kappa shape index (κ1) is 21.4. The molecule has 152 valence electrons. The fourth-order valence-corrected chi connectivity index (χ4v) is 3.16. The summed E-state index contributed by atoms with van der Waals surface area (Å²) < 4.78 is 41.6.